The summed E-state index contributed by atoms with van der Waals surface area (Å²) in [5.74, 6) is 0.732. The first-order chi connectivity index (χ1) is 10.1. The van der Waals surface area contributed by atoms with E-state index in [0.717, 1.165) is 27.6 Å². The van der Waals surface area contributed by atoms with Crippen LogP contribution in [0.5, 0.6) is 5.75 Å². The van der Waals surface area contributed by atoms with Crippen LogP contribution in [0.2, 0.25) is 5.02 Å². The number of rotatable bonds is 6. The summed E-state index contributed by atoms with van der Waals surface area (Å²) in [6, 6.07) is 11.1. The normalized spacial score (nSPS) is 10.2. The van der Waals surface area contributed by atoms with Crippen molar-refractivity contribution in [2.75, 3.05) is 0 Å². The van der Waals surface area contributed by atoms with Gasteiger partial charge in [0.25, 0.3) is 0 Å². The number of aldehydes is 1. The third-order valence-corrected chi connectivity index (χ3v) is 3.78. The molecule has 0 unspecified atom stereocenters. The van der Waals surface area contributed by atoms with E-state index in [-0.39, 0.29) is 0 Å². The van der Waals surface area contributed by atoms with E-state index < -0.39 is 0 Å². The second-order valence-corrected chi connectivity index (χ2v) is 5.81. The van der Waals surface area contributed by atoms with E-state index in [1.54, 1.807) is 12.1 Å². The Morgan fingerprint density at radius 1 is 1.24 bits per heavy atom. The van der Waals surface area contributed by atoms with E-state index in [1.807, 2.05) is 30.3 Å². The monoisotopic (exact) mass is 364 g/mol. The van der Waals surface area contributed by atoms with Crippen molar-refractivity contribution < 1.29 is 9.53 Å². The van der Waals surface area contributed by atoms with Gasteiger partial charge in [0.1, 0.15) is 18.6 Å². The zero-order valence-electron chi connectivity index (χ0n) is 11.3. The Morgan fingerprint density at radius 3 is 2.57 bits per heavy atom. The minimum Gasteiger partial charge on any atom is -0.487 e. The summed E-state index contributed by atoms with van der Waals surface area (Å²) in [5, 5.41) is 0.697. The second-order valence-electron chi connectivity index (χ2n) is 4.52. The molecule has 2 rings (SSSR count). The largest absolute Gasteiger partial charge is 0.487 e. The van der Waals surface area contributed by atoms with E-state index in [4.69, 9.17) is 16.3 Å². The fourth-order valence-corrected chi connectivity index (χ4v) is 2.71. The highest BCUT2D eigenvalue weighted by Gasteiger charge is 2.10. The quantitative estimate of drug-likeness (QED) is 0.518. The van der Waals surface area contributed by atoms with Gasteiger partial charge in [-0.2, -0.15) is 0 Å². The van der Waals surface area contributed by atoms with Gasteiger partial charge in [-0.05, 0) is 57.7 Å². The number of hydrogen-bond acceptors (Lipinski definition) is 2. The molecule has 2 nitrogen and oxygen atoms in total. The Morgan fingerprint density at radius 2 is 1.95 bits per heavy atom. The topological polar surface area (TPSA) is 26.3 Å². The number of halogens is 2. The number of hydrogen-bond donors (Lipinski definition) is 0. The maximum absolute atomic E-state index is 10.9. The van der Waals surface area contributed by atoms with E-state index in [0.29, 0.717) is 23.6 Å². The molecule has 0 heterocycles. The van der Waals surface area contributed by atoms with Crippen LogP contribution in [0.3, 0.4) is 0 Å². The van der Waals surface area contributed by atoms with Crippen molar-refractivity contribution in [1.82, 2.24) is 0 Å². The average molecular weight is 366 g/mol. The molecule has 0 N–H and O–H groups in total. The molecule has 0 saturated heterocycles. The molecule has 0 bridgehead atoms. The zero-order chi connectivity index (χ0) is 15.2. The Hall–Kier alpha value is -1.58. The molecule has 0 aliphatic rings. The van der Waals surface area contributed by atoms with Gasteiger partial charge < -0.3 is 4.74 Å². The summed E-state index contributed by atoms with van der Waals surface area (Å²) in [6.07, 6.45) is 3.24. The standard InChI is InChI=1S/C17H14BrClO2/c1-2-3-14-8-13(10-20)9-16(18)17(14)21-11-12-4-6-15(19)7-5-12/h2,4-10H,1,3,11H2. The number of allylic oxidation sites excluding steroid dienone is 1. The molecule has 0 radical (unpaired) electrons. The first kappa shape index (κ1) is 15.8. The average Bonchev–Trinajstić information content (AvgIpc) is 2.48. The molecular formula is C17H14BrClO2. The summed E-state index contributed by atoms with van der Waals surface area (Å²) in [6.45, 7) is 4.17. The van der Waals surface area contributed by atoms with Crippen LogP contribution >= 0.6 is 27.5 Å². The lowest BCUT2D eigenvalue weighted by atomic mass is 10.1. The van der Waals surface area contributed by atoms with Gasteiger partial charge in [0, 0.05) is 10.6 Å². The molecule has 0 amide bonds. The molecule has 0 spiro atoms. The van der Waals surface area contributed by atoms with Crippen LogP contribution in [0.1, 0.15) is 21.5 Å². The molecule has 2 aromatic carbocycles. The van der Waals surface area contributed by atoms with Gasteiger partial charge in [-0.15, -0.1) is 6.58 Å². The van der Waals surface area contributed by atoms with Crippen LogP contribution in [-0.4, -0.2) is 6.29 Å². The van der Waals surface area contributed by atoms with Crippen LogP contribution < -0.4 is 4.74 Å². The zero-order valence-corrected chi connectivity index (χ0v) is 13.7. The molecule has 4 heteroatoms. The van der Waals surface area contributed by atoms with Crippen molar-refractivity contribution >= 4 is 33.8 Å². The van der Waals surface area contributed by atoms with Crippen molar-refractivity contribution in [3.63, 3.8) is 0 Å². The summed E-state index contributed by atoms with van der Waals surface area (Å²) in [4.78, 5) is 10.9. The summed E-state index contributed by atoms with van der Waals surface area (Å²) in [5.41, 5.74) is 2.56. The third-order valence-electron chi connectivity index (χ3n) is 2.94. The lowest BCUT2D eigenvalue weighted by Gasteiger charge is -2.13. The van der Waals surface area contributed by atoms with Crippen molar-refractivity contribution in [2.24, 2.45) is 0 Å². The molecular weight excluding hydrogens is 352 g/mol. The molecule has 0 aromatic heterocycles. The maximum Gasteiger partial charge on any atom is 0.150 e. The smallest absolute Gasteiger partial charge is 0.150 e. The first-order valence-corrected chi connectivity index (χ1v) is 7.57. The number of carbonyl (C=O) groups is 1. The van der Waals surface area contributed by atoms with Gasteiger partial charge >= 0.3 is 0 Å². The Kier molecular flexibility index (Phi) is 5.59. The van der Waals surface area contributed by atoms with E-state index in [2.05, 4.69) is 22.5 Å². The van der Waals surface area contributed by atoms with Crippen molar-refractivity contribution in [3.8, 4) is 5.75 Å². The van der Waals surface area contributed by atoms with Gasteiger partial charge in [-0.25, -0.2) is 0 Å². The molecule has 0 saturated carbocycles. The third kappa shape index (κ3) is 4.19. The van der Waals surface area contributed by atoms with E-state index >= 15 is 0 Å². The van der Waals surface area contributed by atoms with Gasteiger partial charge in [-0.3, -0.25) is 4.79 Å². The molecule has 21 heavy (non-hydrogen) atoms. The Labute approximate surface area is 137 Å². The van der Waals surface area contributed by atoms with Crippen molar-refractivity contribution in [1.29, 1.82) is 0 Å². The van der Waals surface area contributed by atoms with Crippen LogP contribution in [0.25, 0.3) is 0 Å². The summed E-state index contributed by atoms with van der Waals surface area (Å²) in [7, 11) is 0. The minimum absolute atomic E-state index is 0.431. The molecule has 0 atom stereocenters. The van der Waals surface area contributed by atoms with Gasteiger partial charge in [0.05, 0.1) is 4.47 Å². The number of carbonyl (C=O) groups excluding carboxylic acids is 1. The van der Waals surface area contributed by atoms with Crippen molar-refractivity contribution in [3.05, 3.63) is 75.2 Å². The van der Waals surface area contributed by atoms with E-state index in [1.165, 1.54) is 0 Å². The molecule has 0 fully saturated rings. The Bertz CT molecular complexity index is 651. The van der Waals surface area contributed by atoms with Gasteiger partial charge in [0.2, 0.25) is 0 Å². The molecule has 2 aromatic rings. The van der Waals surface area contributed by atoms with Gasteiger partial charge in [0.15, 0.2) is 0 Å². The second kappa shape index (κ2) is 7.43. The van der Waals surface area contributed by atoms with E-state index in [9.17, 15) is 4.79 Å². The SMILES string of the molecule is C=CCc1cc(C=O)cc(Br)c1OCc1ccc(Cl)cc1. The fraction of sp³-hybridized carbons (Fsp3) is 0.118. The first-order valence-electron chi connectivity index (χ1n) is 6.39. The van der Waals surface area contributed by atoms with Crippen LogP contribution in [-0.2, 0) is 13.0 Å². The fourth-order valence-electron chi connectivity index (χ4n) is 1.95. The molecule has 108 valence electrons. The van der Waals surface area contributed by atoms with Gasteiger partial charge in [-0.1, -0.05) is 29.8 Å². The highest BCUT2D eigenvalue weighted by atomic mass is 79.9. The Balaban J connectivity index is 2.23. The number of benzene rings is 2. The predicted molar refractivity (Wildman–Crippen MR) is 89.2 cm³/mol. The summed E-state index contributed by atoms with van der Waals surface area (Å²) >= 11 is 9.32. The highest BCUT2D eigenvalue weighted by Crippen LogP contribution is 2.32. The maximum atomic E-state index is 10.9. The van der Waals surface area contributed by atoms with Crippen LogP contribution in [0.4, 0.5) is 0 Å². The number of ether oxygens (including phenoxy) is 1. The lowest BCUT2D eigenvalue weighted by Crippen LogP contribution is -2.00. The lowest BCUT2D eigenvalue weighted by molar-refractivity contribution is 0.112. The molecule has 0 aliphatic heterocycles. The summed E-state index contributed by atoms with van der Waals surface area (Å²) < 4.78 is 6.65. The predicted octanol–water partition coefficient (Wildman–Crippen LogP) is 5.22. The van der Waals surface area contributed by atoms with Crippen LogP contribution in [0.15, 0.2) is 53.5 Å². The molecule has 0 aliphatic carbocycles. The van der Waals surface area contributed by atoms with Crippen LogP contribution in [0, 0.1) is 0 Å². The highest BCUT2D eigenvalue weighted by molar-refractivity contribution is 9.10. The minimum atomic E-state index is 0.431. The van der Waals surface area contributed by atoms with Crippen molar-refractivity contribution in [2.45, 2.75) is 13.0 Å².